The third-order valence-electron chi connectivity index (χ3n) is 4.14. The Morgan fingerprint density at radius 3 is 2.00 bits per heavy atom. The van der Waals surface area contributed by atoms with Crippen LogP contribution in [0.3, 0.4) is 0 Å². The minimum Gasteiger partial charge on any atom is -0.457 e. The predicted molar refractivity (Wildman–Crippen MR) is 123 cm³/mol. The lowest BCUT2D eigenvalue weighted by molar-refractivity contribution is -0.146. The van der Waals surface area contributed by atoms with Gasteiger partial charge in [0.1, 0.15) is 6.10 Å². The van der Waals surface area contributed by atoms with Crippen LogP contribution >= 0.6 is 23.5 Å². The Labute approximate surface area is 181 Å². The molecule has 0 fully saturated rings. The molecule has 0 bridgehead atoms. The molecule has 2 nitrogen and oxygen atoms in total. The first-order valence-corrected chi connectivity index (χ1v) is 11.1. The Morgan fingerprint density at radius 1 is 0.897 bits per heavy atom. The first kappa shape index (κ1) is 21.3. The first-order valence-electron chi connectivity index (χ1n) is 9.50. The Morgan fingerprint density at radius 2 is 1.48 bits per heavy atom. The first-order chi connectivity index (χ1) is 14.1. The maximum Gasteiger partial charge on any atom is 0.303 e. The van der Waals surface area contributed by atoms with Gasteiger partial charge >= 0.3 is 5.97 Å². The van der Waals surface area contributed by atoms with Crippen molar-refractivity contribution in [3.63, 3.8) is 0 Å². The molecule has 0 N–H and O–H groups in total. The van der Waals surface area contributed by atoms with Crippen molar-refractivity contribution in [3.8, 4) is 0 Å². The standard InChI is InChI=1S/C25H24O2S2/c1-19-10-9-11-21(18-19)24(27-20(2)26)16-17-25(28-22-12-5-3-6-13-22)29-23-14-7-4-8-15-23/h3-15,17-18,24H,16H2,1-2H3. The number of esters is 1. The molecule has 0 amide bonds. The van der Waals surface area contributed by atoms with E-state index in [0.29, 0.717) is 6.42 Å². The highest BCUT2D eigenvalue weighted by Gasteiger charge is 2.15. The molecule has 1 unspecified atom stereocenters. The summed E-state index contributed by atoms with van der Waals surface area (Å²) in [6.07, 6.45) is 2.50. The molecule has 29 heavy (non-hydrogen) atoms. The summed E-state index contributed by atoms with van der Waals surface area (Å²) in [5.74, 6) is -0.266. The molecule has 0 saturated heterocycles. The lowest BCUT2D eigenvalue weighted by atomic mass is 10.0. The van der Waals surface area contributed by atoms with E-state index in [1.54, 1.807) is 23.5 Å². The maximum atomic E-state index is 11.7. The summed E-state index contributed by atoms with van der Waals surface area (Å²) < 4.78 is 6.80. The summed E-state index contributed by atoms with van der Waals surface area (Å²) in [5, 5.41) is 0. The molecule has 0 radical (unpaired) electrons. The summed E-state index contributed by atoms with van der Waals surface area (Å²) >= 11 is 3.45. The second-order valence-electron chi connectivity index (χ2n) is 6.60. The molecule has 148 valence electrons. The maximum absolute atomic E-state index is 11.7. The van der Waals surface area contributed by atoms with Gasteiger partial charge in [-0.25, -0.2) is 0 Å². The zero-order valence-electron chi connectivity index (χ0n) is 16.6. The van der Waals surface area contributed by atoms with Crippen LogP contribution in [0.5, 0.6) is 0 Å². The topological polar surface area (TPSA) is 26.3 Å². The van der Waals surface area contributed by atoms with Crippen molar-refractivity contribution in [1.82, 2.24) is 0 Å². The van der Waals surface area contributed by atoms with Crippen molar-refractivity contribution < 1.29 is 9.53 Å². The molecule has 0 heterocycles. The molecule has 0 aliphatic carbocycles. The van der Waals surface area contributed by atoms with E-state index in [1.807, 2.05) is 61.5 Å². The van der Waals surface area contributed by atoms with Gasteiger partial charge in [0.25, 0.3) is 0 Å². The van der Waals surface area contributed by atoms with E-state index in [2.05, 4.69) is 36.4 Å². The van der Waals surface area contributed by atoms with Crippen molar-refractivity contribution in [2.45, 2.75) is 36.2 Å². The van der Waals surface area contributed by atoms with Crippen LogP contribution < -0.4 is 0 Å². The molecular formula is C25H24O2S2. The largest absolute Gasteiger partial charge is 0.457 e. The van der Waals surface area contributed by atoms with Crippen molar-refractivity contribution in [3.05, 3.63) is 106 Å². The molecule has 1 atom stereocenters. The third-order valence-corrected chi connectivity index (χ3v) is 6.40. The zero-order valence-corrected chi connectivity index (χ0v) is 18.2. The lowest BCUT2D eigenvalue weighted by Crippen LogP contribution is -2.08. The molecule has 0 spiro atoms. The number of rotatable bonds is 8. The molecule has 3 aromatic rings. The zero-order chi connectivity index (χ0) is 20.5. The van der Waals surface area contributed by atoms with Gasteiger partial charge in [0.15, 0.2) is 0 Å². The number of ether oxygens (including phenoxy) is 1. The van der Waals surface area contributed by atoms with Crippen LogP contribution in [-0.4, -0.2) is 5.97 Å². The number of thioether (sulfide) groups is 2. The number of hydrogen-bond acceptors (Lipinski definition) is 4. The molecule has 3 rings (SSSR count). The fourth-order valence-electron chi connectivity index (χ4n) is 2.84. The lowest BCUT2D eigenvalue weighted by Gasteiger charge is -2.17. The van der Waals surface area contributed by atoms with Gasteiger partial charge in [0, 0.05) is 27.4 Å². The fourth-order valence-corrected chi connectivity index (χ4v) is 4.99. The second kappa shape index (κ2) is 10.9. The summed E-state index contributed by atoms with van der Waals surface area (Å²) in [6.45, 7) is 3.51. The van der Waals surface area contributed by atoms with E-state index in [9.17, 15) is 4.79 Å². The number of hydrogen-bond donors (Lipinski definition) is 0. The van der Waals surface area contributed by atoms with Crippen LogP contribution in [-0.2, 0) is 9.53 Å². The van der Waals surface area contributed by atoms with E-state index < -0.39 is 0 Å². The Kier molecular flexibility index (Phi) is 8.03. The molecular weight excluding hydrogens is 396 g/mol. The van der Waals surface area contributed by atoms with E-state index in [-0.39, 0.29) is 12.1 Å². The number of carbonyl (C=O) groups is 1. The third kappa shape index (κ3) is 7.15. The van der Waals surface area contributed by atoms with Crippen LogP contribution in [0.25, 0.3) is 0 Å². The fraction of sp³-hybridized carbons (Fsp3) is 0.160. The minimum atomic E-state index is -0.296. The monoisotopic (exact) mass is 420 g/mol. The Balaban J connectivity index is 1.84. The smallest absolute Gasteiger partial charge is 0.303 e. The van der Waals surface area contributed by atoms with Gasteiger partial charge in [-0.2, -0.15) is 0 Å². The Bertz CT molecular complexity index is 909. The summed E-state index contributed by atoms with van der Waals surface area (Å²) in [7, 11) is 0. The number of carbonyl (C=O) groups excluding carboxylic acids is 1. The van der Waals surface area contributed by atoms with Crippen molar-refractivity contribution in [1.29, 1.82) is 0 Å². The number of benzene rings is 3. The molecule has 0 aliphatic heterocycles. The van der Waals surface area contributed by atoms with E-state index >= 15 is 0 Å². The van der Waals surface area contributed by atoms with Gasteiger partial charge in [-0.3, -0.25) is 4.79 Å². The quantitative estimate of drug-likeness (QED) is 0.280. The van der Waals surface area contributed by atoms with Gasteiger partial charge in [-0.1, -0.05) is 95.8 Å². The van der Waals surface area contributed by atoms with Gasteiger partial charge in [-0.05, 0) is 36.8 Å². The number of aryl methyl sites for hydroxylation is 1. The average molecular weight is 421 g/mol. The van der Waals surface area contributed by atoms with Crippen molar-refractivity contribution >= 4 is 29.5 Å². The summed E-state index contributed by atoms with van der Waals surface area (Å²) in [5.41, 5.74) is 2.17. The predicted octanol–water partition coefficient (Wildman–Crippen LogP) is 7.42. The molecule has 0 saturated carbocycles. The normalized spacial score (nSPS) is 11.5. The summed E-state index contributed by atoms with van der Waals surface area (Å²) in [6, 6.07) is 28.8. The van der Waals surface area contributed by atoms with Gasteiger partial charge in [0.2, 0.25) is 0 Å². The van der Waals surface area contributed by atoms with Gasteiger partial charge < -0.3 is 4.74 Å². The molecule has 3 aromatic carbocycles. The van der Waals surface area contributed by atoms with Gasteiger partial charge in [-0.15, -0.1) is 0 Å². The molecule has 4 heteroatoms. The van der Waals surface area contributed by atoms with Crippen LogP contribution in [0.15, 0.2) is 105 Å². The van der Waals surface area contributed by atoms with E-state index in [4.69, 9.17) is 4.74 Å². The van der Waals surface area contributed by atoms with Crippen LogP contribution in [0.1, 0.15) is 30.6 Å². The van der Waals surface area contributed by atoms with E-state index in [1.165, 1.54) is 16.7 Å². The van der Waals surface area contributed by atoms with Gasteiger partial charge in [0.05, 0.1) is 0 Å². The van der Waals surface area contributed by atoms with Crippen LogP contribution in [0.2, 0.25) is 0 Å². The minimum absolute atomic E-state index is 0.266. The highest BCUT2D eigenvalue weighted by molar-refractivity contribution is 8.22. The van der Waals surface area contributed by atoms with E-state index in [0.717, 1.165) is 15.4 Å². The highest BCUT2D eigenvalue weighted by Crippen LogP contribution is 2.40. The summed E-state index contributed by atoms with van der Waals surface area (Å²) in [4.78, 5) is 14.1. The van der Waals surface area contributed by atoms with Crippen LogP contribution in [0.4, 0.5) is 0 Å². The van der Waals surface area contributed by atoms with Crippen molar-refractivity contribution in [2.24, 2.45) is 0 Å². The van der Waals surface area contributed by atoms with Crippen molar-refractivity contribution in [2.75, 3.05) is 0 Å². The van der Waals surface area contributed by atoms with Crippen LogP contribution in [0, 0.1) is 6.92 Å². The highest BCUT2D eigenvalue weighted by atomic mass is 32.2. The SMILES string of the molecule is CC(=O)OC(CC=C(Sc1ccccc1)Sc1ccccc1)c1cccc(C)c1. The average Bonchev–Trinajstić information content (AvgIpc) is 2.72. The Hall–Kier alpha value is -2.43. The molecule has 0 aromatic heterocycles. The molecule has 0 aliphatic rings. The second-order valence-corrected chi connectivity index (χ2v) is 9.09.